The summed E-state index contributed by atoms with van der Waals surface area (Å²) in [4.78, 5) is 4.58. The SMILES string of the molecule is Cn1cc(Nc2nc3cccc(-c4ccc5nn(CC6CCS(=O)(=O)C6)cc5c4)n3n2)cn1. The lowest BCUT2D eigenvalue weighted by molar-refractivity contribution is 0.460. The number of benzene rings is 1. The summed E-state index contributed by atoms with van der Waals surface area (Å²) >= 11 is 0. The quantitative estimate of drug-likeness (QED) is 0.427. The van der Waals surface area contributed by atoms with Gasteiger partial charge >= 0.3 is 0 Å². The van der Waals surface area contributed by atoms with Crippen LogP contribution < -0.4 is 5.32 Å². The minimum atomic E-state index is -2.89. The van der Waals surface area contributed by atoms with Gasteiger partial charge in [0, 0.05) is 36.9 Å². The number of pyridine rings is 1. The molecule has 168 valence electrons. The van der Waals surface area contributed by atoms with Crippen LogP contribution in [0, 0.1) is 5.92 Å². The van der Waals surface area contributed by atoms with Gasteiger partial charge in [-0.2, -0.15) is 15.2 Å². The summed E-state index contributed by atoms with van der Waals surface area (Å²) in [5, 5.41) is 17.6. The van der Waals surface area contributed by atoms with Gasteiger partial charge in [-0.15, -0.1) is 5.10 Å². The Morgan fingerprint density at radius 1 is 1.15 bits per heavy atom. The summed E-state index contributed by atoms with van der Waals surface area (Å²) < 4.78 is 28.9. The molecule has 1 aliphatic rings. The van der Waals surface area contributed by atoms with Crippen LogP contribution >= 0.6 is 0 Å². The Kier molecular flexibility index (Phi) is 4.47. The number of rotatable bonds is 5. The number of sulfone groups is 1. The third-order valence-corrected chi connectivity index (χ3v) is 7.78. The van der Waals surface area contributed by atoms with Crippen LogP contribution in [0.25, 0.3) is 27.8 Å². The van der Waals surface area contributed by atoms with Gasteiger partial charge in [0.1, 0.15) is 0 Å². The number of nitrogens with zero attached hydrogens (tertiary/aromatic N) is 7. The Morgan fingerprint density at radius 3 is 2.85 bits per heavy atom. The third kappa shape index (κ3) is 3.84. The van der Waals surface area contributed by atoms with E-state index in [0.717, 1.165) is 33.5 Å². The van der Waals surface area contributed by atoms with Crippen molar-refractivity contribution in [3.63, 3.8) is 0 Å². The van der Waals surface area contributed by atoms with Crippen molar-refractivity contribution in [1.29, 1.82) is 0 Å². The number of aromatic nitrogens is 7. The first kappa shape index (κ1) is 19.9. The van der Waals surface area contributed by atoms with E-state index in [1.807, 2.05) is 59.0 Å². The number of aryl methyl sites for hydroxylation is 1. The van der Waals surface area contributed by atoms with Crippen molar-refractivity contribution in [2.75, 3.05) is 16.8 Å². The lowest BCUT2D eigenvalue weighted by Crippen LogP contribution is -2.12. The Hall–Kier alpha value is -3.73. The Bertz CT molecular complexity index is 1600. The van der Waals surface area contributed by atoms with Crippen LogP contribution in [0.2, 0.25) is 0 Å². The molecule has 0 aliphatic carbocycles. The van der Waals surface area contributed by atoms with Crippen molar-refractivity contribution in [3.05, 3.63) is 55.0 Å². The van der Waals surface area contributed by atoms with Crippen molar-refractivity contribution in [1.82, 2.24) is 34.2 Å². The van der Waals surface area contributed by atoms with Crippen molar-refractivity contribution in [2.24, 2.45) is 13.0 Å². The second kappa shape index (κ2) is 7.41. The second-order valence-electron chi connectivity index (χ2n) is 8.54. The number of nitrogens with one attached hydrogen (secondary N) is 1. The molecule has 10 nitrogen and oxygen atoms in total. The van der Waals surface area contributed by atoms with Gasteiger partial charge in [-0.25, -0.2) is 12.9 Å². The molecule has 0 radical (unpaired) electrons. The first-order valence-corrected chi connectivity index (χ1v) is 12.5. The molecular weight excluding hydrogens is 440 g/mol. The van der Waals surface area contributed by atoms with Crippen molar-refractivity contribution < 1.29 is 8.42 Å². The Labute approximate surface area is 189 Å². The summed E-state index contributed by atoms with van der Waals surface area (Å²) in [6.45, 7) is 0.616. The molecule has 5 heterocycles. The molecule has 1 atom stereocenters. The average molecular weight is 463 g/mol. The standard InChI is InChI=1S/C22H22N8O2S/c1-28-13-18(10-23-28)24-22-25-21-4-2-3-20(30(21)27-22)16-5-6-19-17(9-16)12-29(26-19)11-15-7-8-33(31,32)14-15/h2-6,9-10,12-13,15H,7-8,11,14H2,1H3,(H,24,27). The van der Waals surface area contributed by atoms with E-state index >= 15 is 0 Å². The van der Waals surface area contributed by atoms with Crippen molar-refractivity contribution >= 4 is 38.0 Å². The minimum Gasteiger partial charge on any atom is -0.320 e. The lowest BCUT2D eigenvalue weighted by atomic mass is 10.1. The number of fused-ring (bicyclic) bond motifs is 2. The molecular formula is C22H22N8O2S. The van der Waals surface area contributed by atoms with E-state index in [4.69, 9.17) is 0 Å². The fourth-order valence-electron chi connectivity index (χ4n) is 4.40. The van der Waals surface area contributed by atoms with E-state index in [2.05, 4.69) is 31.7 Å². The van der Waals surface area contributed by atoms with Gasteiger partial charge in [-0.3, -0.25) is 9.36 Å². The smallest absolute Gasteiger partial charge is 0.247 e. The van der Waals surface area contributed by atoms with Crippen LogP contribution in [-0.4, -0.2) is 54.1 Å². The molecule has 1 aromatic carbocycles. The fraction of sp³-hybridized carbons (Fsp3) is 0.273. The summed E-state index contributed by atoms with van der Waals surface area (Å²) in [5.74, 6) is 1.15. The van der Waals surface area contributed by atoms with Crippen LogP contribution in [0.15, 0.2) is 55.0 Å². The third-order valence-electron chi connectivity index (χ3n) is 5.94. The highest BCUT2D eigenvalue weighted by Gasteiger charge is 2.28. The van der Waals surface area contributed by atoms with Gasteiger partial charge in [0.05, 0.1) is 34.6 Å². The van der Waals surface area contributed by atoms with E-state index < -0.39 is 9.84 Å². The van der Waals surface area contributed by atoms with Gasteiger partial charge in [-0.1, -0.05) is 12.1 Å². The maximum atomic E-state index is 11.8. The molecule has 33 heavy (non-hydrogen) atoms. The average Bonchev–Trinajstić information content (AvgIpc) is 3.53. The van der Waals surface area contributed by atoms with Crippen LogP contribution in [0.5, 0.6) is 0 Å². The van der Waals surface area contributed by atoms with E-state index in [1.165, 1.54) is 0 Å². The number of hydrogen-bond acceptors (Lipinski definition) is 7. The number of anilines is 2. The molecule has 0 spiro atoms. The molecule has 1 N–H and O–H groups in total. The van der Waals surface area contributed by atoms with Crippen molar-refractivity contribution in [3.8, 4) is 11.3 Å². The molecule has 4 aromatic heterocycles. The molecule has 0 bridgehead atoms. The summed E-state index contributed by atoms with van der Waals surface area (Å²) in [6.07, 6.45) is 6.27. The topological polar surface area (TPSA) is 112 Å². The highest BCUT2D eigenvalue weighted by atomic mass is 32.2. The van der Waals surface area contributed by atoms with Crippen LogP contribution in [0.1, 0.15) is 6.42 Å². The van der Waals surface area contributed by atoms with E-state index in [1.54, 1.807) is 10.9 Å². The molecule has 1 fully saturated rings. The van der Waals surface area contributed by atoms with Crippen LogP contribution in [-0.2, 0) is 23.4 Å². The maximum Gasteiger partial charge on any atom is 0.247 e. The molecule has 1 unspecified atom stereocenters. The monoisotopic (exact) mass is 462 g/mol. The summed E-state index contributed by atoms with van der Waals surface area (Å²) in [7, 11) is -1.04. The highest BCUT2D eigenvalue weighted by molar-refractivity contribution is 7.91. The highest BCUT2D eigenvalue weighted by Crippen LogP contribution is 2.26. The van der Waals surface area contributed by atoms with Gasteiger partial charge in [0.2, 0.25) is 5.95 Å². The Balaban J connectivity index is 1.31. The van der Waals surface area contributed by atoms with Crippen LogP contribution in [0.3, 0.4) is 0 Å². The van der Waals surface area contributed by atoms with Gasteiger partial charge < -0.3 is 5.32 Å². The fourth-order valence-corrected chi connectivity index (χ4v) is 6.25. The zero-order valence-corrected chi connectivity index (χ0v) is 18.8. The largest absolute Gasteiger partial charge is 0.320 e. The molecule has 1 saturated heterocycles. The first-order chi connectivity index (χ1) is 15.9. The predicted octanol–water partition coefficient (Wildman–Crippen LogP) is 2.66. The van der Waals surface area contributed by atoms with Gasteiger partial charge in [0.25, 0.3) is 0 Å². The molecule has 0 amide bonds. The van der Waals surface area contributed by atoms with E-state index in [9.17, 15) is 8.42 Å². The Morgan fingerprint density at radius 2 is 2.06 bits per heavy atom. The normalized spacial score (nSPS) is 17.8. The molecule has 0 saturated carbocycles. The maximum absolute atomic E-state index is 11.8. The number of hydrogen-bond donors (Lipinski definition) is 1. The molecule has 11 heteroatoms. The van der Waals surface area contributed by atoms with Crippen molar-refractivity contribution in [2.45, 2.75) is 13.0 Å². The van der Waals surface area contributed by atoms with E-state index in [0.29, 0.717) is 18.9 Å². The summed E-state index contributed by atoms with van der Waals surface area (Å²) in [5.41, 5.74) is 4.34. The molecule has 1 aliphatic heterocycles. The lowest BCUT2D eigenvalue weighted by Gasteiger charge is -2.06. The minimum absolute atomic E-state index is 0.124. The first-order valence-electron chi connectivity index (χ1n) is 10.7. The van der Waals surface area contributed by atoms with E-state index in [-0.39, 0.29) is 17.4 Å². The zero-order chi connectivity index (χ0) is 22.6. The molecule has 6 rings (SSSR count). The van der Waals surface area contributed by atoms with Crippen LogP contribution in [0.4, 0.5) is 11.6 Å². The van der Waals surface area contributed by atoms with Gasteiger partial charge in [0.15, 0.2) is 15.5 Å². The zero-order valence-electron chi connectivity index (χ0n) is 18.0. The summed E-state index contributed by atoms with van der Waals surface area (Å²) in [6, 6.07) is 12.0. The predicted molar refractivity (Wildman–Crippen MR) is 125 cm³/mol. The molecule has 5 aromatic rings. The second-order valence-corrected chi connectivity index (χ2v) is 10.8. The van der Waals surface area contributed by atoms with Gasteiger partial charge in [-0.05, 0) is 36.6 Å².